The lowest BCUT2D eigenvalue weighted by atomic mass is 10.2. The van der Waals surface area contributed by atoms with Crippen LogP contribution in [-0.4, -0.2) is 28.5 Å². The number of para-hydroxylation sites is 1. The highest BCUT2D eigenvalue weighted by Gasteiger charge is 2.18. The highest BCUT2D eigenvalue weighted by atomic mass is 32.2. The van der Waals surface area contributed by atoms with Crippen molar-refractivity contribution in [2.75, 3.05) is 19.5 Å². The van der Waals surface area contributed by atoms with Crippen LogP contribution in [0, 0.1) is 0 Å². The maximum absolute atomic E-state index is 12.8. The fraction of sp³-hybridized carbons (Fsp3) is 0.136. The van der Waals surface area contributed by atoms with Gasteiger partial charge in [0.25, 0.3) is 5.91 Å². The molecule has 8 heteroatoms. The minimum Gasteiger partial charge on any atom is -0.496 e. The van der Waals surface area contributed by atoms with Gasteiger partial charge in [-0.3, -0.25) is 4.79 Å². The Morgan fingerprint density at radius 2 is 1.53 bits per heavy atom. The number of rotatable bonds is 8. The normalized spacial score (nSPS) is 11.0. The zero-order valence-electron chi connectivity index (χ0n) is 16.6. The number of carbonyl (C=O) groups excluding carboxylic acids is 1. The molecule has 156 valence electrons. The summed E-state index contributed by atoms with van der Waals surface area (Å²) in [6.07, 6.45) is 0. The van der Waals surface area contributed by atoms with Gasteiger partial charge >= 0.3 is 0 Å². The molecule has 0 aliphatic rings. The van der Waals surface area contributed by atoms with Crippen LogP contribution in [0.1, 0.15) is 15.9 Å². The van der Waals surface area contributed by atoms with E-state index in [0.717, 1.165) is 0 Å². The van der Waals surface area contributed by atoms with Crippen molar-refractivity contribution in [3.8, 4) is 11.5 Å². The Morgan fingerprint density at radius 1 is 0.867 bits per heavy atom. The smallest absolute Gasteiger partial charge is 0.255 e. The fourth-order valence-corrected chi connectivity index (χ4v) is 3.87. The van der Waals surface area contributed by atoms with Crippen LogP contribution in [0.2, 0.25) is 0 Å². The Hall–Kier alpha value is -3.36. The molecule has 2 N–H and O–H groups in total. The first-order valence-corrected chi connectivity index (χ1v) is 10.6. The molecular formula is C22H22N2O5S. The average Bonchev–Trinajstić information content (AvgIpc) is 2.78. The highest BCUT2D eigenvalue weighted by Crippen LogP contribution is 2.28. The summed E-state index contributed by atoms with van der Waals surface area (Å²) in [7, 11) is -0.871. The Bertz CT molecular complexity index is 1130. The van der Waals surface area contributed by atoms with Crippen molar-refractivity contribution >= 4 is 21.6 Å². The molecule has 0 radical (unpaired) electrons. The lowest BCUT2D eigenvalue weighted by molar-refractivity contribution is 0.102. The molecule has 3 aromatic rings. The van der Waals surface area contributed by atoms with Gasteiger partial charge in [-0.05, 0) is 36.4 Å². The molecule has 7 nitrogen and oxygen atoms in total. The van der Waals surface area contributed by atoms with Gasteiger partial charge in [0.15, 0.2) is 0 Å². The minimum atomic E-state index is -3.84. The molecule has 0 unspecified atom stereocenters. The number of sulfonamides is 1. The molecule has 0 aromatic heterocycles. The number of hydrogen-bond acceptors (Lipinski definition) is 5. The lowest BCUT2D eigenvalue weighted by Crippen LogP contribution is -2.24. The molecule has 0 bridgehead atoms. The predicted octanol–water partition coefficient (Wildman–Crippen LogP) is 3.43. The molecule has 3 rings (SSSR count). The van der Waals surface area contributed by atoms with Crippen molar-refractivity contribution in [2.45, 2.75) is 11.4 Å². The van der Waals surface area contributed by atoms with Crippen LogP contribution in [0.15, 0.2) is 77.7 Å². The molecule has 3 aromatic carbocycles. The number of benzene rings is 3. The molecule has 0 spiro atoms. The van der Waals surface area contributed by atoms with Gasteiger partial charge in [-0.1, -0.05) is 36.4 Å². The fourth-order valence-electron chi connectivity index (χ4n) is 2.84. The second-order valence-electron chi connectivity index (χ2n) is 6.32. The van der Waals surface area contributed by atoms with Crippen LogP contribution in [0.3, 0.4) is 0 Å². The Labute approximate surface area is 175 Å². The summed E-state index contributed by atoms with van der Waals surface area (Å²) in [5.41, 5.74) is 1.41. The monoisotopic (exact) mass is 426 g/mol. The summed E-state index contributed by atoms with van der Waals surface area (Å²) in [4.78, 5) is 12.5. The van der Waals surface area contributed by atoms with Crippen molar-refractivity contribution in [1.29, 1.82) is 0 Å². The summed E-state index contributed by atoms with van der Waals surface area (Å²) in [5.74, 6) is 0.569. The van der Waals surface area contributed by atoms with Crippen molar-refractivity contribution < 1.29 is 22.7 Å². The van der Waals surface area contributed by atoms with Crippen LogP contribution in [0.25, 0.3) is 0 Å². The topological polar surface area (TPSA) is 93.7 Å². The molecule has 0 saturated carbocycles. The first-order valence-electron chi connectivity index (χ1n) is 9.10. The van der Waals surface area contributed by atoms with E-state index in [2.05, 4.69) is 10.0 Å². The van der Waals surface area contributed by atoms with E-state index < -0.39 is 10.0 Å². The van der Waals surface area contributed by atoms with E-state index in [9.17, 15) is 13.2 Å². The van der Waals surface area contributed by atoms with Crippen molar-refractivity contribution in [1.82, 2.24) is 4.72 Å². The summed E-state index contributed by atoms with van der Waals surface area (Å²) >= 11 is 0. The van der Waals surface area contributed by atoms with Gasteiger partial charge in [-0.25, -0.2) is 13.1 Å². The van der Waals surface area contributed by atoms with Gasteiger partial charge in [0.1, 0.15) is 11.5 Å². The highest BCUT2D eigenvalue weighted by molar-refractivity contribution is 7.89. The Morgan fingerprint density at radius 3 is 2.23 bits per heavy atom. The summed E-state index contributed by atoms with van der Waals surface area (Å²) < 4.78 is 38.7. The van der Waals surface area contributed by atoms with Crippen LogP contribution >= 0.6 is 0 Å². The quantitative estimate of drug-likeness (QED) is 0.576. The number of anilines is 1. The largest absolute Gasteiger partial charge is 0.496 e. The molecule has 1 amide bonds. The molecule has 0 fully saturated rings. The van der Waals surface area contributed by atoms with E-state index in [1.165, 1.54) is 32.4 Å². The van der Waals surface area contributed by atoms with Crippen LogP contribution in [0.5, 0.6) is 11.5 Å². The van der Waals surface area contributed by atoms with E-state index >= 15 is 0 Å². The second kappa shape index (κ2) is 9.43. The van der Waals surface area contributed by atoms with Gasteiger partial charge in [0.2, 0.25) is 10.0 Å². The standard InChI is InChI=1S/C22H22N2O5S/c1-28-20-11-7-6-10-17(20)15-23-30(26,27)18-12-13-21(29-2)19(14-18)24-22(25)16-8-4-3-5-9-16/h3-14,23H,15H2,1-2H3,(H,24,25). The Balaban J connectivity index is 1.83. The van der Waals surface area contributed by atoms with Gasteiger partial charge < -0.3 is 14.8 Å². The van der Waals surface area contributed by atoms with E-state index in [4.69, 9.17) is 9.47 Å². The Kier molecular flexibility index (Phi) is 6.71. The molecular weight excluding hydrogens is 404 g/mol. The number of nitrogens with one attached hydrogen (secondary N) is 2. The number of ether oxygens (including phenoxy) is 2. The van der Waals surface area contributed by atoms with E-state index in [0.29, 0.717) is 22.6 Å². The number of amides is 1. The third-order valence-electron chi connectivity index (χ3n) is 4.41. The first-order chi connectivity index (χ1) is 14.4. The molecule has 0 aliphatic carbocycles. The molecule has 0 saturated heterocycles. The molecule has 30 heavy (non-hydrogen) atoms. The third-order valence-corrected chi connectivity index (χ3v) is 5.81. The maximum atomic E-state index is 12.8. The average molecular weight is 426 g/mol. The zero-order chi connectivity index (χ0) is 21.6. The number of methoxy groups -OCH3 is 2. The van der Waals surface area contributed by atoms with Crippen LogP contribution in [0.4, 0.5) is 5.69 Å². The van der Waals surface area contributed by atoms with Crippen molar-refractivity contribution in [3.05, 3.63) is 83.9 Å². The van der Waals surface area contributed by atoms with E-state index in [1.54, 1.807) is 48.5 Å². The summed E-state index contributed by atoms with van der Waals surface area (Å²) in [6, 6.07) is 20.0. The minimum absolute atomic E-state index is 0.00144. The van der Waals surface area contributed by atoms with Gasteiger partial charge in [-0.2, -0.15) is 0 Å². The predicted molar refractivity (Wildman–Crippen MR) is 114 cm³/mol. The first kappa shape index (κ1) is 21.4. The van der Waals surface area contributed by atoms with Crippen molar-refractivity contribution in [2.24, 2.45) is 0 Å². The SMILES string of the molecule is COc1ccccc1CNS(=O)(=O)c1ccc(OC)c(NC(=O)c2ccccc2)c1. The second-order valence-corrected chi connectivity index (χ2v) is 8.09. The van der Waals surface area contributed by atoms with E-state index in [1.807, 2.05) is 6.07 Å². The van der Waals surface area contributed by atoms with Gasteiger partial charge in [-0.15, -0.1) is 0 Å². The third kappa shape index (κ3) is 4.97. The summed E-state index contributed by atoms with van der Waals surface area (Å²) in [6.45, 7) is 0.0596. The maximum Gasteiger partial charge on any atom is 0.255 e. The molecule has 0 aliphatic heterocycles. The molecule has 0 atom stereocenters. The van der Waals surface area contributed by atoms with Crippen LogP contribution < -0.4 is 19.5 Å². The van der Waals surface area contributed by atoms with Gasteiger partial charge in [0, 0.05) is 17.7 Å². The van der Waals surface area contributed by atoms with Crippen molar-refractivity contribution in [3.63, 3.8) is 0 Å². The zero-order valence-corrected chi connectivity index (χ0v) is 17.4. The van der Waals surface area contributed by atoms with Crippen LogP contribution in [-0.2, 0) is 16.6 Å². The summed E-state index contributed by atoms with van der Waals surface area (Å²) in [5, 5.41) is 2.71. The number of hydrogen-bond donors (Lipinski definition) is 2. The van der Waals surface area contributed by atoms with Gasteiger partial charge in [0.05, 0.1) is 24.8 Å². The number of carbonyl (C=O) groups is 1. The van der Waals surface area contributed by atoms with E-state index in [-0.39, 0.29) is 23.0 Å². The lowest BCUT2D eigenvalue weighted by Gasteiger charge is -2.14. The molecule has 0 heterocycles.